The number of aromatic nitrogens is 2. The van der Waals surface area contributed by atoms with Crippen LogP contribution in [0.5, 0.6) is 0 Å². The topological polar surface area (TPSA) is 47.2 Å². The van der Waals surface area contributed by atoms with E-state index < -0.39 is 11.4 Å². The van der Waals surface area contributed by atoms with Gasteiger partial charge in [0.15, 0.2) is 0 Å². The van der Waals surface area contributed by atoms with Crippen LogP contribution in [-0.2, 0) is 13.6 Å². The zero-order valence-corrected chi connectivity index (χ0v) is 10.1. The van der Waals surface area contributed by atoms with Gasteiger partial charge in [-0.05, 0) is 32.0 Å². The Morgan fingerprint density at radius 3 is 2.59 bits per heavy atom. The van der Waals surface area contributed by atoms with Crippen LogP contribution in [0.3, 0.4) is 0 Å². The van der Waals surface area contributed by atoms with Gasteiger partial charge in [0.25, 0.3) is 0 Å². The Balaban J connectivity index is 2.73. The molecule has 1 heterocycles. The van der Waals surface area contributed by atoms with Crippen molar-refractivity contribution in [1.29, 1.82) is 0 Å². The standard InChI is InChI=1S/C12H15FN2O2/c1-12(2,17)7-15-10-6-8(13)4-5-9(10)14(3)11(15)16/h4-6,17H,7H2,1-3H3. The summed E-state index contributed by atoms with van der Waals surface area (Å²) in [5, 5.41) is 9.77. The molecule has 2 rings (SSSR count). The van der Waals surface area contributed by atoms with E-state index in [2.05, 4.69) is 0 Å². The zero-order valence-electron chi connectivity index (χ0n) is 10.1. The average Bonchev–Trinajstić information content (AvgIpc) is 2.42. The minimum absolute atomic E-state index is 0.132. The minimum atomic E-state index is -1.02. The summed E-state index contributed by atoms with van der Waals surface area (Å²) in [6, 6.07) is 4.19. The lowest BCUT2D eigenvalue weighted by Crippen LogP contribution is -2.33. The van der Waals surface area contributed by atoms with E-state index >= 15 is 0 Å². The van der Waals surface area contributed by atoms with Crippen LogP contribution in [0.4, 0.5) is 4.39 Å². The van der Waals surface area contributed by atoms with Crippen molar-refractivity contribution >= 4 is 11.0 Å². The van der Waals surface area contributed by atoms with Crippen molar-refractivity contribution in [3.8, 4) is 0 Å². The normalized spacial score (nSPS) is 12.3. The van der Waals surface area contributed by atoms with Crippen molar-refractivity contribution in [2.24, 2.45) is 7.05 Å². The maximum Gasteiger partial charge on any atom is 0.328 e. The van der Waals surface area contributed by atoms with Gasteiger partial charge >= 0.3 is 5.69 Å². The number of hydrogen-bond acceptors (Lipinski definition) is 2. The third-order valence-electron chi connectivity index (χ3n) is 2.65. The Kier molecular flexibility index (Phi) is 2.58. The summed E-state index contributed by atoms with van der Waals surface area (Å²) in [5.74, 6) is -0.396. The predicted octanol–water partition coefficient (Wildman–Crippen LogP) is 1.25. The molecule has 1 aromatic heterocycles. The molecule has 4 nitrogen and oxygen atoms in total. The molecule has 0 aliphatic rings. The molecule has 1 N–H and O–H groups in total. The van der Waals surface area contributed by atoms with Gasteiger partial charge in [0.1, 0.15) is 5.82 Å². The smallest absolute Gasteiger partial charge is 0.328 e. The third-order valence-corrected chi connectivity index (χ3v) is 2.65. The van der Waals surface area contributed by atoms with Gasteiger partial charge in [0.2, 0.25) is 0 Å². The highest BCUT2D eigenvalue weighted by molar-refractivity contribution is 5.76. The number of aryl methyl sites for hydroxylation is 1. The Morgan fingerprint density at radius 1 is 1.35 bits per heavy atom. The zero-order chi connectivity index (χ0) is 12.8. The van der Waals surface area contributed by atoms with E-state index in [1.807, 2.05) is 0 Å². The Morgan fingerprint density at radius 2 is 2.00 bits per heavy atom. The minimum Gasteiger partial charge on any atom is -0.389 e. The van der Waals surface area contributed by atoms with E-state index in [4.69, 9.17) is 0 Å². The predicted molar refractivity (Wildman–Crippen MR) is 63.4 cm³/mol. The lowest BCUT2D eigenvalue weighted by atomic mass is 10.1. The summed E-state index contributed by atoms with van der Waals surface area (Å²) < 4.78 is 16.0. The Hall–Kier alpha value is -1.62. The van der Waals surface area contributed by atoms with E-state index in [-0.39, 0.29) is 12.2 Å². The molecule has 0 amide bonds. The molecule has 0 spiro atoms. The van der Waals surface area contributed by atoms with Crippen molar-refractivity contribution in [3.05, 3.63) is 34.5 Å². The van der Waals surface area contributed by atoms with Gasteiger partial charge in [-0.15, -0.1) is 0 Å². The molecule has 5 heteroatoms. The molecule has 0 unspecified atom stereocenters. The van der Waals surface area contributed by atoms with Crippen molar-refractivity contribution < 1.29 is 9.50 Å². The summed E-state index contributed by atoms with van der Waals surface area (Å²) >= 11 is 0. The SMILES string of the molecule is Cn1c(=O)n(CC(C)(C)O)c2cc(F)ccc21. The van der Waals surface area contributed by atoms with E-state index in [0.717, 1.165) is 0 Å². The first-order chi connectivity index (χ1) is 7.79. The maximum absolute atomic E-state index is 13.2. The fourth-order valence-electron chi connectivity index (χ4n) is 1.92. The molecule has 1 aromatic carbocycles. The molecule has 0 fully saturated rings. The van der Waals surface area contributed by atoms with Gasteiger partial charge in [-0.3, -0.25) is 9.13 Å². The van der Waals surface area contributed by atoms with Crippen molar-refractivity contribution in [1.82, 2.24) is 9.13 Å². The lowest BCUT2D eigenvalue weighted by molar-refractivity contribution is 0.0615. The number of benzene rings is 1. The summed E-state index contributed by atoms with van der Waals surface area (Å²) in [6.45, 7) is 3.35. The summed E-state index contributed by atoms with van der Waals surface area (Å²) in [7, 11) is 1.63. The van der Waals surface area contributed by atoms with Crippen molar-refractivity contribution in [2.45, 2.75) is 26.0 Å². The van der Waals surface area contributed by atoms with Crippen molar-refractivity contribution in [3.63, 3.8) is 0 Å². The van der Waals surface area contributed by atoms with Gasteiger partial charge in [-0.25, -0.2) is 9.18 Å². The number of halogens is 1. The van der Waals surface area contributed by atoms with Crippen LogP contribution in [-0.4, -0.2) is 19.8 Å². The molecular weight excluding hydrogens is 223 g/mol. The number of nitrogens with zero attached hydrogens (tertiary/aromatic N) is 2. The number of hydrogen-bond donors (Lipinski definition) is 1. The Bertz CT molecular complexity index is 620. The second-order valence-corrected chi connectivity index (χ2v) is 4.87. The molecule has 0 aliphatic heterocycles. The molecule has 2 aromatic rings. The van der Waals surface area contributed by atoms with Crippen LogP contribution in [0.15, 0.2) is 23.0 Å². The van der Waals surface area contributed by atoms with E-state index in [0.29, 0.717) is 11.0 Å². The largest absolute Gasteiger partial charge is 0.389 e. The number of aliphatic hydroxyl groups is 1. The van der Waals surface area contributed by atoms with Crippen LogP contribution >= 0.6 is 0 Å². The summed E-state index contributed by atoms with van der Waals surface area (Å²) in [5.41, 5.74) is -0.127. The molecule has 0 radical (unpaired) electrons. The van der Waals surface area contributed by atoms with E-state index in [1.165, 1.54) is 21.3 Å². The van der Waals surface area contributed by atoms with Gasteiger partial charge in [-0.2, -0.15) is 0 Å². The van der Waals surface area contributed by atoms with Crippen LogP contribution in [0.1, 0.15) is 13.8 Å². The third kappa shape index (κ3) is 2.10. The van der Waals surface area contributed by atoms with Crippen LogP contribution in [0, 0.1) is 5.82 Å². The van der Waals surface area contributed by atoms with Gasteiger partial charge < -0.3 is 5.11 Å². The molecule has 0 saturated carbocycles. The van der Waals surface area contributed by atoms with Gasteiger partial charge in [0, 0.05) is 7.05 Å². The lowest BCUT2D eigenvalue weighted by Gasteiger charge is -2.17. The molecule has 0 bridgehead atoms. The molecule has 92 valence electrons. The monoisotopic (exact) mass is 238 g/mol. The van der Waals surface area contributed by atoms with Crippen molar-refractivity contribution in [2.75, 3.05) is 0 Å². The summed E-state index contributed by atoms with van der Waals surface area (Å²) in [6.07, 6.45) is 0. The molecule has 17 heavy (non-hydrogen) atoms. The number of fused-ring (bicyclic) bond motifs is 1. The first kappa shape index (κ1) is 11.9. The maximum atomic E-state index is 13.2. The highest BCUT2D eigenvalue weighted by Crippen LogP contribution is 2.16. The second kappa shape index (κ2) is 3.70. The van der Waals surface area contributed by atoms with Crippen LogP contribution in [0.2, 0.25) is 0 Å². The second-order valence-electron chi connectivity index (χ2n) is 4.87. The first-order valence-electron chi connectivity index (χ1n) is 5.37. The fourth-order valence-corrected chi connectivity index (χ4v) is 1.92. The molecule has 0 saturated heterocycles. The average molecular weight is 238 g/mol. The molecular formula is C12H15FN2O2. The molecule has 0 atom stereocenters. The quantitative estimate of drug-likeness (QED) is 0.856. The number of rotatable bonds is 2. The highest BCUT2D eigenvalue weighted by atomic mass is 19.1. The van der Waals surface area contributed by atoms with Gasteiger partial charge in [0.05, 0.1) is 23.2 Å². The summed E-state index contributed by atoms with van der Waals surface area (Å²) in [4.78, 5) is 12.0. The number of imidazole rings is 1. The highest BCUT2D eigenvalue weighted by Gasteiger charge is 2.19. The van der Waals surface area contributed by atoms with Gasteiger partial charge in [-0.1, -0.05) is 0 Å². The first-order valence-corrected chi connectivity index (χ1v) is 5.37. The van der Waals surface area contributed by atoms with Crippen LogP contribution in [0.25, 0.3) is 11.0 Å². The Labute approximate surface area is 97.9 Å². The van der Waals surface area contributed by atoms with Crippen LogP contribution < -0.4 is 5.69 Å². The fraction of sp³-hybridized carbons (Fsp3) is 0.417. The molecule has 0 aliphatic carbocycles. The van der Waals surface area contributed by atoms with E-state index in [1.54, 1.807) is 27.0 Å². The van der Waals surface area contributed by atoms with E-state index in [9.17, 15) is 14.3 Å².